The summed E-state index contributed by atoms with van der Waals surface area (Å²) in [6, 6.07) is 23.3. The summed E-state index contributed by atoms with van der Waals surface area (Å²) in [5.74, 6) is 1.08. The first kappa shape index (κ1) is 28.0. The summed E-state index contributed by atoms with van der Waals surface area (Å²) in [4.78, 5) is 28.9. The van der Waals surface area contributed by atoms with Gasteiger partial charge in [-0.25, -0.2) is 4.98 Å². The maximum atomic E-state index is 13.6. The third kappa shape index (κ3) is 5.66. The van der Waals surface area contributed by atoms with E-state index in [2.05, 4.69) is 10.1 Å². The quantitative estimate of drug-likeness (QED) is 0.0988. The predicted molar refractivity (Wildman–Crippen MR) is 165 cm³/mol. The fraction of sp³-hybridized carbons (Fsp3) is 0.0645. The van der Waals surface area contributed by atoms with E-state index in [1.165, 1.54) is 25.5 Å². The normalized spacial score (nSPS) is 11.4. The van der Waals surface area contributed by atoms with Crippen LogP contribution in [0.25, 0.3) is 33.5 Å². The number of ether oxygens (including phenoxy) is 2. The van der Waals surface area contributed by atoms with Crippen molar-refractivity contribution in [2.75, 3.05) is 7.11 Å². The second-order valence-corrected chi connectivity index (χ2v) is 10.2. The molecule has 0 spiro atoms. The molecule has 0 aliphatic carbocycles. The molecule has 2 heterocycles. The van der Waals surface area contributed by atoms with Gasteiger partial charge in [-0.05, 0) is 59.7 Å². The standard InChI is InChI=1S/C31H20Cl2N4O6/c1-41-27-13-19(12-24(33)29(27)42-17-18-5-4-6-22(11-18)37(39)40)16-34-36-30(35-25-8-3-2-7-23(25)31(36)38)28-15-20-14-21(32)9-10-26(20)43-28/h2-16H,17H2,1H3. The monoisotopic (exact) mass is 614 g/mol. The highest BCUT2D eigenvalue weighted by atomic mass is 35.5. The molecular weight excluding hydrogens is 595 g/mol. The predicted octanol–water partition coefficient (Wildman–Crippen LogP) is 7.49. The third-order valence-corrected chi connectivity index (χ3v) is 7.05. The number of hydrogen-bond donors (Lipinski definition) is 0. The molecule has 0 N–H and O–H groups in total. The lowest BCUT2D eigenvalue weighted by Gasteiger charge is -2.13. The van der Waals surface area contributed by atoms with Crippen LogP contribution in [0.3, 0.4) is 0 Å². The summed E-state index contributed by atoms with van der Waals surface area (Å²) in [6.45, 7) is 0.0232. The van der Waals surface area contributed by atoms with Crippen molar-refractivity contribution < 1.29 is 18.8 Å². The van der Waals surface area contributed by atoms with Crippen LogP contribution >= 0.6 is 23.2 Å². The van der Waals surface area contributed by atoms with Crippen LogP contribution in [0, 0.1) is 10.1 Å². The van der Waals surface area contributed by atoms with Crippen LogP contribution in [0.15, 0.2) is 99.2 Å². The lowest BCUT2D eigenvalue weighted by molar-refractivity contribution is -0.384. The molecule has 12 heteroatoms. The van der Waals surface area contributed by atoms with Crippen molar-refractivity contribution in [1.82, 2.24) is 9.66 Å². The first-order valence-corrected chi connectivity index (χ1v) is 13.6. The maximum Gasteiger partial charge on any atom is 0.282 e. The molecular formula is C31H20Cl2N4O6. The minimum atomic E-state index is -0.475. The minimum absolute atomic E-state index is 0.0232. The molecule has 0 atom stereocenters. The highest BCUT2D eigenvalue weighted by molar-refractivity contribution is 6.32. The number of halogens is 2. The number of aromatic nitrogens is 2. The molecule has 214 valence electrons. The Bertz CT molecular complexity index is 2120. The SMILES string of the molecule is COc1cc(C=Nn2c(-c3cc4cc(Cl)ccc4o3)nc3ccccc3c2=O)cc(Cl)c1OCc1cccc([N+](=O)[O-])c1. The van der Waals surface area contributed by atoms with Crippen molar-refractivity contribution in [3.05, 3.63) is 127 Å². The van der Waals surface area contributed by atoms with Gasteiger partial charge >= 0.3 is 0 Å². The molecule has 0 aliphatic heterocycles. The molecule has 0 amide bonds. The Morgan fingerprint density at radius 1 is 1.05 bits per heavy atom. The summed E-state index contributed by atoms with van der Waals surface area (Å²) in [7, 11) is 1.45. The van der Waals surface area contributed by atoms with Gasteiger partial charge < -0.3 is 13.9 Å². The summed E-state index contributed by atoms with van der Waals surface area (Å²) in [5, 5.41) is 17.5. The van der Waals surface area contributed by atoms with Gasteiger partial charge in [0.1, 0.15) is 12.2 Å². The second kappa shape index (κ2) is 11.6. The number of nitrogens with zero attached hydrogens (tertiary/aromatic N) is 4. The molecule has 6 aromatic rings. The van der Waals surface area contributed by atoms with Gasteiger partial charge in [0.15, 0.2) is 17.3 Å². The molecule has 0 unspecified atom stereocenters. The van der Waals surface area contributed by atoms with E-state index < -0.39 is 10.5 Å². The van der Waals surface area contributed by atoms with Crippen molar-refractivity contribution >= 4 is 57.0 Å². The molecule has 0 fully saturated rings. The van der Waals surface area contributed by atoms with Gasteiger partial charge in [-0.3, -0.25) is 14.9 Å². The number of fused-ring (bicyclic) bond motifs is 2. The number of rotatable bonds is 8. The van der Waals surface area contributed by atoms with Gasteiger partial charge in [-0.15, -0.1) is 0 Å². The zero-order valence-electron chi connectivity index (χ0n) is 22.4. The van der Waals surface area contributed by atoms with Crippen molar-refractivity contribution in [3.8, 4) is 23.1 Å². The average Bonchev–Trinajstić information content (AvgIpc) is 3.43. The minimum Gasteiger partial charge on any atom is -0.493 e. The van der Waals surface area contributed by atoms with Crippen molar-refractivity contribution in [3.63, 3.8) is 0 Å². The fourth-order valence-corrected chi connectivity index (χ4v) is 4.96. The Morgan fingerprint density at radius 2 is 1.88 bits per heavy atom. The number of nitro groups is 1. The molecule has 0 radical (unpaired) electrons. The first-order chi connectivity index (χ1) is 20.8. The fourth-order valence-electron chi connectivity index (χ4n) is 4.51. The van der Waals surface area contributed by atoms with Crippen LogP contribution in [0.4, 0.5) is 5.69 Å². The Kier molecular flexibility index (Phi) is 7.54. The Labute approximate surface area is 253 Å². The number of para-hydroxylation sites is 1. The van der Waals surface area contributed by atoms with E-state index in [9.17, 15) is 14.9 Å². The van der Waals surface area contributed by atoms with E-state index in [1.807, 2.05) is 0 Å². The molecule has 0 saturated heterocycles. The topological polar surface area (TPSA) is 122 Å². The Hall–Kier alpha value is -5.19. The van der Waals surface area contributed by atoms with E-state index in [0.717, 1.165) is 10.1 Å². The van der Waals surface area contributed by atoms with E-state index in [1.54, 1.807) is 72.8 Å². The number of non-ortho nitro benzene ring substituents is 1. The van der Waals surface area contributed by atoms with Crippen molar-refractivity contribution in [1.29, 1.82) is 0 Å². The highest BCUT2D eigenvalue weighted by Gasteiger charge is 2.18. The lowest BCUT2D eigenvalue weighted by atomic mass is 10.2. The maximum absolute atomic E-state index is 13.6. The molecule has 10 nitrogen and oxygen atoms in total. The van der Waals surface area contributed by atoms with Gasteiger partial charge in [-0.2, -0.15) is 9.78 Å². The van der Waals surface area contributed by atoms with Gasteiger partial charge in [0.05, 0.1) is 34.2 Å². The highest BCUT2D eigenvalue weighted by Crippen LogP contribution is 2.37. The average molecular weight is 615 g/mol. The molecule has 0 aliphatic rings. The van der Waals surface area contributed by atoms with Gasteiger partial charge in [0, 0.05) is 22.5 Å². The van der Waals surface area contributed by atoms with E-state index >= 15 is 0 Å². The van der Waals surface area contributed by atoms with Crippen molar-refractivity contribution in [2.45, 2.75) is 6.61 Å². The van der Waals surface area contributed by atoms with Gasteiger partial charge in [-0.1, -0.05) is 47.5 Å². The Morgan fingerprint density at radius 3 is 2.70 bits per heavy atom. The number of nitro benzene ring substituents is 1. The second-order valence-electron chi connectivity index (χ2n) is 9.36. The van der Waals surface area contributed by atoms with Crippen LogP contribution in [-0.2, 0) is 6.61 Å². The van der Waals surface area contributed by atoms with Crippen LogP contribution in [0.2, 0.25) is 10.0 Å². The van der Waals surface area contributed by atoms with Gasteiger partial charge in [0.2, 0.25) is 5.82 Å². The number of methoxy groups -OCH3 is 1. The van der Waals surface area contributed by atoms with Crippen LogP contribution in [-0.4, -0.2) is 27.9 Å². The number of hydrogen-bond acceptors (Lipinski definition) is 8. The summed E-state index contributed by atoms with van der Waals surface area (Å²) >= 11 is 12.7. The van der Waals surface area contributed by atoms with Gasteiger partial charge in [0.25, 0.3) is 11.2 Å². The number of furan rings is 1. The van der Waals surface area contributed by atoms with Crippen LogP contribution in [0.5, 0.6) is 11.5 Å². The molecule has 2 aromatic heterocycles. The van der Waals surface area contributed by atoms with E-state index in [0.29, 0.717) is 44.1 Å². The van der Waals surface area contributed by atoms with Crippen LogP contribution < -0.4 is 15.0 Å². The first-order valence-electron chi connectivity index (χ1n) is 12.8. The molecule has 0 bridgehead atoms. The molecule has 4 aromatic carbocycles. The zero-order chi connectivity index (χ0) is 30.1. The van der Waals surface area contributed by atoms with Crippen molar-refractivity contribution in [2.24, 2.45) is 5.10 Å². The molecule has 6 rings (SSSR count). The Balaban J connectivity index is 1.37. The smallest absolute Gasteiger partial charge is 0.282 e. The van der Waals surface area contributed by atoms with E-state index in [4.69, 9.17) is 37.1 Å². The van der Waals surface area contributed by atoms with Crippen LogP contribution in [0.1, 0.15) is 11.1 Å². The lowest BCUT2D eigenvalue weighted by Crippen LogP contribution is -2.20. The molecule has 0 saturated carbocycles. The number of benzene rings is 4. The third-order valence-electron chi connectivity index (χ3n) is 6.53. The zero-order valence-corrected chi connectivity index (χ0v) is 23.9. The summed E-state index contributed by atoms with van der Waals surface area (Å²) in [6.07, 6.45) is 1.44. The molecule has 43 heavy (non-hydrogen) atoms. The summed E-state index contributed by atoms with van der Waals surface area (Å²) in [5.41, 5.74) is 1.71. The summed E-state index contributed by atoms with van der Waals surface area (Å²) < 4.78 is 18.5. The largest absolute Gasteiger partial charge is 0.493 e. The van der Waals surface area contributed by atoms with E-state index in [-0.39, 0.29) is 28.9 Å².